The molecule has 0 fully saturated rings. The van der Waals surface area contributed by atoms with Gasteiger partial charge in [0, 0.05) is 38.6 Å². The zero-order valence-corrected chi connectivity index (χ0v) is 17.5. The Hall–Kier alpha value is -3.02. The van der Waals surface area contributed by atoms with E-state index in [9.17, 15) is 9.59 Å². The summed E-state index contributed by atoms with van der Waals surface area (Å²) >= 11 is 0. The number of unbranched alkanes of at least 4 members (excludes halogenated alkanes) is 1. The summed E-state index contributed by atoms with van der Waals surface area (Å²) in [5.74, 6) is -0.0949. The highest BCUT2D eigenvalue weighted by Crippen LogP contribution is 2.11. The number of urea groups is 1. The van der Waals surface area contributed by atoms with Gasteiger partial charge in [0.1, 0.15) is 6.54 Å². The molecule has 2 aromatic rings. The molecule has 6 heteroatoms. The van der Waals surface area contributed by atoms with Crippen molar-refractivity contribution in [1.82, 2.24) is 19.7 Å². The average molecular weight is 397 g/mol. The van der Waals surface area contributed by atoms with Crippen LogP contribution in [0.4, 0.5) is 4.79 Å². The van der Waals surface area contributed by atoms with Crippen molar-refractivity contribution in [2.75, 3.05) is 19.6 Å². The van der Waals surface area contributed by atoms with Crippen molar-refractivity contribution in [3.8, 4) is 0 Å². The minimum absolute atomic E-state index is 0.0151. The molecule has 0 unspecified atom stereocenters. The van der Waals surface area contributed by atoms with Crippen LogP contribution in [0.25, 0.3) is 0 Å². The average Bonchev–Trinajstić information content (AvgIpc) is 3.12. The van der Waals surface area contributed by atoms with Gasteiger partial charge in [-0.1, -0.05) is 49.8 Å². The van der Waals surface area contributed by atoms with E-state index in [2.05, 4.69) is 18.8 Å². The van der Waals surface area contributed by atoms with Crippen molar-refractivity contribution in [1.29, 1.82) is 0 Å². The summed E-state index contributed by atoms with van der Waals surface area (Å²) in [5.41, 5.74) is 2.09. The lowest BCUT2D eigenvalue weighted by molar-refractivity contribution is -0.133. The Morgan fingerprint density at radius 1 is 1.10 bits per heavy atom. The van der Waals surface area contributed by atoms with E-state index < -0.39 is 0 Å². The highest BCUT2D eigenvalue weighted by molar-refractivity contribution is 5.84. The maximum Gasteiger partial charge on any atom is 0.318 e. The van der Waals surface area contributed by atoms with Crippen LogP contribution < -0.4 is 5.32 Å². The van der Waals surface area contributed by atoms with E-state index in [4.69, 9.17) is 0 Å². The molecule has 1 aromatic heterocycles. The molecule has 156 valence electrons. The predicted molar refractivity (Wildman–Crippen MR) is 116 cm³/mol. The molecule has 0 aliphatic rings. The monoisotopic (exact) mass is 396 g/mol. The molecular formula is C23H32N4O2. The van der Waals surface area contributed by atoms with Crippen molar-refractivity contribution in [2.24, 2.45) is 7.05 Å². The Morgan fingerprint density at radius 3 is 2.48 bits per heavy atom. The molecule has 0 atom stereocenters. The summed E-state index contributed by atoms with van der Waals surface area (Å²) in [6.45, 7) is 7.71. The summed E-state index contributed by atoms with van der Waals surface area (Å²) < 4.78 is 2.00. The number of aryl methyl sites for hydroxylation is 1. The quantitative estimate of drug-likeness (QED) is 0.466. The van der Waals surface area contributed by atoms with Crippen LogP contribution in [0.15, 0.2) is 61.3 Å². The summed E-state index contributed by atoms with van der Waals surface area (Å²) in [6, 6.07) is 13.6. The first-order valence-electron chi connectivity index (χ1n) is 10.1. The molecular weight excluding hydrogens is 364 g/mol. The lowest BCUT2D eigenvalue weighted by Gasteiger charge is -2.27. The van der Waals surface area contributed by atoms with Gasteiger partial charge in [-0.15, -0.1) is 6.58 Å². The molecule has 0 aliphatic heterocycles. The molecule has 0 aliphatic carbocycles. The van der Waals surface area contributed by atoms with Crippen LogP contribution in [-0.2, 0) is 24.9 Å². The normalized spacial score (nSPS) is 10.4. The number of benzene rings is 1. The third kappa shape index (κ3) is 7.14. The molecule has 0 saturated heterocycles. The van der Waals surface area contributed by atoms with E-state index in [-0.39, 0.29) is 18.5 Å². The number of hydrogen-bond acceptors (Lipinski definition) is 2. The number of nitrogens with zero attached hydrogens (tertiary/aromatic N) is 3. The van der Waals surface area contributed by atoms with E-state index >= 15 is 0 Å². The second kappa shape index (κ2) is 11.7. The fraction of sp³-hybridized carbons (Fsp3) is 0.391. The van der Waals surface area contributed by atoms with Gasteiger partial charge < -0.3 is 19.7 Å². The van der Waals surface area contributed by atoms with Crippen molar-refractivity contribution >= 4 is 11.9 Å². The van der Waals surface area contributed by atoms with Crippen LogP contribution in [0, 0.1) is 0 Å². The molecule has 0 radical (unpaired) electrons. The van der Waals surface area contributed by atoms with Crippen molar-refractivity contribution < 1.29 is 9.59 Å². The number of carbonyl (C=O) groups excluding carboxylic acids is 2. The highest BCUT2D eigenvalue weighted by atomic mass is 16.2. The second-order valence-corrected chi connectivity index (χ2v) is 7.10. The van der Waals surface area contributed by atoms with Gasteiger partial charge in [0.2, 0.25) is 5.91 Å². The first-order valence-corrected chi connectivity index (χ1v) is 10.1. The molecule has 0 spiro atoms. The largest absolute Gasteiger partial charge is 0.353 e. The Morgan fingerprint density at radius 2 is 1.86 bits per heavy atom. The van der Waals surface area contributed by atoms with Crippen LogP contribution in [0.1, 0.15) is 31.0 Å². The standard InChI is InChI=1S/C23H32N4O2/c1-4-6-14-24-23(29)26(15-5-2)19-22(28)27(17-20-11-8-7-9-12-20)18-21-13-10-16-25(21)3/h5,7-13,16H,2,4,6,14-15,17-19H2,1,3H3,(H,24,29). The Labute approximate surface area is 173 Å². The van der Waals surface area contributed by atoms with Gasteiger partial charge in [0.25, 0.3) is 0 Å². The summed E-state index contributed by atoms with van der Waals surface area (Å²) in [6.07, 6.45) is 5.52. The van der Waals surface area contributed by atoms with Gasteiger partial charge in [0.05, 0.1) is 6.54 Å². The minimum atomic E-state index is -0.231. The van der Waals surface area contributed by atoms with Crippen LogP contribution >= 0.6 is 0 Å². The molecule has 1 aromatic carbocycles. The maximum atomic E-state index is 13.2. The number of nitrogens with one attached hydrogen (secondary N) is 1. The van der Waals surface area contributed by atoms with E-state index in [1.807, 2.05) is 60.3 Å². The third-order valence-corrected chi connectivity index (χ3v) is 4.74. The zero-order valence-electron chi connectivity index (χ0n) is 17.5. The van der Waals surface area contributed by atoms with Crippen LogP contribution in [0.5, 0.6) is 0 Å². The zero-order chi connectivity index (χ0) is 21.1. The first-order chi connectivity index (χ1) is 14.0. The van der Waals surface area contributed by atoms with Gasteiger partial charge >= 0.3 is 6.03 Å². The molecule has 1 heterocycles. The fourth-order valence-corrected chi connectivity index (χ4v) is 3.01. The molecule has 3 amide bonds. The smallest absolute Gasteiger partial charge is 0.318 e. The number of aromatic nitrogens is 1. The maximum absolute atomic E-state index is 13.2. The fourth-order valence-electron chi connectivity index (χ4n) is 3.01. The Bertz CT molecular complexity index is 785. The van der Waals surface area contributed by atoms with Crippen molar-refractivity contribution in [3.63, 3.8) is 0 Å². The molecule has 0 bridgehead atoms. The van der Waals surface area contributed by atoms with E-state index in [0.717, 1.165) is 24.1 Å². The molecule has 1 N–H and O–H groups in total. The summed E-state index contributed by atoms with van der Waals surface area (Å²) in [7, 11) is 1.96. The minimum Gasteiger partial charge on any atom is -0.353 e. The molecule has 29 heavy (non-hydrogen) atoms. The topological polar surface area (TPSA) is 57.6 Å². The van der Waals surface area contributed by atoms with Gasteiger partial charge in [-0.05, 0) is 24.1 Å². The summed E-state index contributed by atoms with van der Waals surface area (Å²) in [5, 5.41) is 2.88. The van der Waals surface area contributed by atoms with E-state index in [0.29, 0.717) is 26.2 Å². The van der Waals surface area contributed by atoms with Gasteiger partial charge in [0.15, 0.2) is 0 Å². The van der Waals surface area contributed by atoms with Crippen LogP contribution in [-0.4, -0.2) is 45.9 Å². The lowest BCUT2D eigenvalue weighted by atomic mass is 10.2. The lowest BCUT2D eigenvalue weighted by Crippen LogP contribution is -2.46. The number of rotatable bonds is 11. The predicted octanol–water partition coefficient (Wildman–Crippen LogP) is 3.55. The number of carbonyl (C=O) groups is 2. The van der Waals surface area contributed by atoms with Crippen LogP contribution in [0.3, 0.4) is 0 Å². The van der Waals surface area contributed by atoms with E-state index in [1.54, 1.807) is 11.0 Å². The molecule has 0 saturated carbocycles. The Balaban J connectivity index is 2.12. The summed E-state index contributed by atoms with van der Waals surface area (Å²) in [4.78, 5) is 29.0. The molecule has 2 rings (SSSR count). The van der Waals surface area contributed by atoms with Gasteiger partial charge in [-0.2, -0.15) is 0 Å². The van der Waals surface area contributed by atoms with Crippen molar-refractivity contribution in [3.05, 3.63) is 72.6 Å². The SMILES string of the molecule is C=CCN(CC(=O)N(Cc1ccccc1)Cc1cccn1C)C(=O)NCCCC. The second-order valence-electron chi connectivity index (χ2n) is 7.10. The molecule has 6 nitrogen and oxygen atoms in total. The number of amides is 3. The highest BCUT2D eigenvalue weighted by Gasteiger charge is 2.21. The van der Waals surface area contributed by atoms with Crippen LogP contribution in [0.2, 0.25) is 0 Å². The van der Waals surface area contributed by atoms with E-state index in [1.165, 1.54) is 4.90 Å². The third-order valence-electron chi connectivity index (χ3n) is 4.74. The van der Waals surface area contributed by atoms with Crippen molar-refractivity contribution in [2.45, 2.75) is 32.9 Å². The Kier molecular flexibility index (Phi) is 9.02. The van der Waals surface area contributed by atoms with Gasteiger partial charge in [-0.3, -0.25) is 4.79 Å². The van der Waals surface area contributed by atoms with Gasteiger partial charge in [-0.25, -0.2) is 4.79 Å². The number of hydrogen-bond donors (Lipinski definition) is 1. The first kappa shape index (κ1) is 22.3.